The zero-order valence-corrected chi connectivity index (χ0v) is 18.5. The van der Waals surface area contributed by atoms with Gasteiger partial charge in [-0.1, -0.05) is 42.5 Å². The maximum Gasteiger partial charge on any atom is 0.328 e. The second-order valence-corrected chi connectivity index (χ2v) is 9.71. The van der Waals surface area contributed by atoms with Crippen LogP contribution in [-0.4, -0.2) is 49.7 Å². The second kappa shape index (κ2) is 8.89. The average Bonchev–Trinajstić information content (AvgIpc) is 2.99. The Morgan fingerprint density at radius 2 is 1.68 bits per heavy atom. The monoisotopic (exact) mass is 443 g/mol. The molecule has 0 saturated carbocycles. The van der Waals surface area contributed by atoms with Crippen LogP contribution in [0.4, 0.5) is 0 Å². The quantitative estimate of drug-likeness (QED) is 0.689. The molecule has 0 fully saturated rings. The molecule has 2 aromatic carbocycles. The van der Waals surface area contributed by atoms with Gasteiger partial charge in [0, 0.05) is 17.6 Å². The van der Waals surface area contributed by atoms with E-state index in [4.69, 9.17) is 4.74 Å². The van der Waals surface area contributed by atoms with E-state index in [0.29, 0.717) is 12.1 Å². The number of esters is 1. The molecule has 8 nitrogen and oxygen atoms in total. The van der Waals surface area contributed by atoms with Crippen LogP contribution in [0.25, 0.3) is 0 Å². The van der Waals surface area contributed by atoms with Crippen LogP contribution in [0.2, 0.25) is 0 Å². The van der Waals surface area contributed by atoms with Crippen LogP contribution in [0.3, 0.4) is 0 Å². The molecule has 0 aromatic heterocycles. The Bertz CT molecular complexity index is 1110. The molecule has 1 aliphatic rings. The lowest BCUT2D eigenvalue weighted by Crippen LogP contribution is -2.47. The van der Waals surface area contributed by atoms with Gasteiger partial charge in [0.25, 0.3) is 15.9 Å². The van der Waals surface area contributed by atoms with Crippen molar-refractivity contribution in [2.45, 2.75) is 37.8 Å². The Balaban J connectivity index is 1.61. The summed E-state index contributed by atoms with van der Waals surface area (Å²) < 4.78 is 31.6. The van der Waals surface area contributed by atoms with Crippen molar-refractivity contribution in [2.24, 2.45) is 4.99 Å². The summed E-state index contributed by atoms with van der Waals surface area (Å²) in [6.07, 6.45) is 0. The number of benzene rings is 2. The predicted molar refractivity (Wildman–Crippen MR) is 116 cm³/mol. The zero-order valence-electron chi connectivity index (χ0n) is 17.7. The van der Waals surface area contributed by atoms with E-state index in [0.717, 1.165) is 5.56 Å². The smallest absolute Gasteiger partial charge is 0.328 e. The summed E-state index contributed by atoms with van der Waals surface area (Å²) in [5.74, 6) is -0.971. The first-order valence-corrected chi connectivity index (χ1v) is 11.2. The number of amides is 1. The Hall–Kier alpha value is -3.20. The molecular formula is C22H25N3O5S. The number of amidine groups is 1. The van der Waals surface area contributed by atoms with E-state index in [9.17, 15) is 18.0 Å². The Morgan fingerprint density at radius 3 is 2.35 bits per heavy atom. The van der Waals surface area contributed by atoms with E-state index in [1.165, 1.54) is 6.07 Å². The van der Waals surface area contributed by atoms with Crippen LogP contribution < -0.4 is 4.72 Å². The van der Waals surface area contributed by atoms with E-state index < -0.39 is 34.7 Å². The summed E-state index contributed by atoms with van der Waals surface area (Å²) in [5.41, 5.74) is 0.898. The Kier molecular flexibility index (Phi) is 6.45. The highest BCUT2D eigenvalue weighted by Crippen LogP contribution is 2.22. The molecule has 0 radical (unpaired) electrons. The van der Waals surface area contributed by atoms with Crippen molar-refractivity contribution < 1.29 is 22.7 Å². The van der Waals surface area contributed by atoms with Crippen molar-refractivity contribution in [3.63, 3.8) is 0 Å². The van der Waals surface area contributed by atoms with Gasteiger partial charge in [-0.15, -0.1) is 0 Å². The third-order valence-corrected chi connectivity index (χ3v) is 6.08. The number of hydrogen-bond acceptors (Lipinski definition) is 6. The number of nitrogens with one attached hydrogen (secondary N) is 1. The molecule has 0 atom stereocenters. The number of nitrogens with zero attached hydrogens (tertiary/aromatic N) is 2. The lowest BCUT2D eigenvalue weighted by molar-refractivity contribution is -0.153. The average molecular weight is 444 g/mol. The summed E-state index contributed by atoms with van der Waals surface area (Å²) in [6, 6.07) is 15.9. The molecule has 0 bridgehead atoms. The maximum absolute atomic E-state index is 12.7. The zero-order chi connectivity index (χ0) is 22.6. The number of hydrogen-bond donors (Lipinski definition) is 1. The molecule has 1 heterocycles. The highest BCUT2D eigenvalue weighted by Gasteiger charge is 2.30. The van der Waals surface area contributed by atoms with Gasteiger partial charge in [-0.3, -0.25) is 19.3 Å². The second-order valence-electron chi connectivity index (χ2n) is 8.06. The van der Waals surface area contributed by atoms with Gasteiger partial charge in [0.2, 0.25) is 0 Å². The van der Waals surface area contributed by atoms with E-state index in [2.05, 4.69) is 9.71 Å². The summed E-state index contributed by atoms with van der Waals surface area (Å²) in [5, 5.41) is 0. The van der Waals surface area contributed by atoms with Gasteiger partial charge in [-0.2, -0.15) is 0 Å². The van der Waals surface area contributed by atoms with Crippen molar-refractivity contribution in [3.8, 4) is 0 Å². The Labute approximate surface area is 182 Å². The lowest BCUT2D eigenvalue weighted by atomic mass is 10.0. The fraction of sp³-hybridized carbons (Fsp3) is 0.318. The summed E-state index contributed by atoms with van der Waals surface area (Å²) in [6.45, 7) is 5.28. The van der Waals surface area contributed by atoms with Crippen LogP contribution in [0.15, 0.2) is 64.5 Å². The fourth-order valence-corrected chi connectivity index (χ4v) is 4.38. The first-order valence-electron chi connectivity index (χ1n) is 9.74. The number of carbonyl (C=O) groups is 2. The van der Waals surface area contributed by atoms with Crippen molar-refractivity contribution in [1.82, 2.24) is 9.62 Å². The van der Waals surface area contributed by atoms with Crippen LogP contribution in [-0.2, 0) is 30.9 Å². The number of carbonyl (C=O) groups excluding carboxylic acids is 2. The minimum atomic E-state index is -3.68. The van der Waals surface area contributed by atoms with Crippen LogP contribution >= 0.6 is 0 Å². The molecule has 2 aromatic rings. The van der Waals surface area contributed by atoms with E-state index in [1.807, 2.05) is 51.1 Å². The van der Waals surface area contributed by atoms with E-state index in [1.54, 1.807) is 23.1 Å². The van der Waals surface area contributed by atoms with E-state index >= 15 is 0 Å². The summed E-state index contributed by atoms with van der Waals surface area (Å²) >= 11 is 0. The minimum Gasteiger partial charge on any atom is -0.454 e. The standard InChI is InChI=1S/C22H25N3O5S/c1-22(2,3)25(14-16-9-5-4-6-10-16)19(26)15-30-20(27)13-23-21-17-11-7-8-12-18(17)31(28,29)24-21/h4-12H,13-15H2,1-3H3,(H,23,24). The van der Waals surface area contributed by atoms with Gasteiger partial charge in [0.1, 0.15) is 12.4 Å². The maximum atomic E-state index is 12.7. The van der Waals surface area contributed by atoms with Gasteiger partial charge in [0.15, 0.2) is 6.61 Å². The number of sulfonamides is 1. The highest BCUT2D eigenvalue weighted by atomic mass is 32.2. The molecule has 1 N–H and O–H groups in total. The highest BCUT2D eigenvalue weighted by molar-refractivity contribution is 7.90. The third kappa shape index (κ3) is 5.49. The van der Waals surface area contributed by atoms with Crippen molar-refractivity contribution in [3.05, 3.63) is 65.7 Å². The summed E-state index contributed by atoms with van der Waals surface area (Å²) in [4.78, 5) is 30.6. The molecule has 9 heteroatoms. The number of fused-ring (bicyclic) bond motifs is 1. The van der Waals surface area contributed by atoms with Crippen molar-refractivity contribution in [1.29, 1.82) is 0 Å². The van der Waals surface area contributed by atoms with E-state index in [-0.39, 0.29) is 16.6 Å². The number of ether oxygens (including phenoxy) is 1. The van der Waals surface area contributed by atoms with Gasteiger partial charge in [-0.05, 0) is 38.5 Å². The molecule has 31 heavy (non-hydrogen) atoms. The number of aliphatic imine (C=N–C) groups is 1. The van der Waals surface area contributed by atoms with Crippen molar-refractivity contribution >= 4 is 27.7 Å². The largest absolute Gasteiger partial charge is 0.454 e. The van der Waals surface area contributed by atoms with Gasteiger partial charge in [-0.25, -0.2) is 8.42 Å². The number of rotatable bonds is 6. The van der Waals surface area contributed by atoms with Gasteiger partial charge >= 0.3 is 5.97 Å². The topological polar surface area (TPSA) is 105 Å². The molecule has 1 amide bonds. The molecule has 0 spiro atoms. The third-order valence-electron chi connectivity index (χ3n) is 4.68. The van der Waals surface area contributed by atoms with Crippen LogP contribution in [0.5, 0.6) is 0 Å². The minimum absolute atomic E-state index is 0.0827. The molecule has 0 saturated heterocycles. The predicted octanol–water partition coefficient (Wildman–Crippen LogP) is 2.10. The fourth-order valence-electron chi connectivity index (χ4n) is 3.13. The van der Waals surface area contributed by atoms with Crippen LogP contribution in [0.1, 0.15) is 31.9 Å². The molecule has 0 aliphatic carbocycles. The Morgan fingerprint density at radius 1 is 1.03 bits per heavy atom. The first kappa shape index (κ1) is 22.5. The SMILES string of the molecule is CC(C)(C)N(Cc1ccccc1)C(=O)COC(=O)CN=C1NS(=O)(=O)c2ccccc21. The molecule has 164 valence electrons. The molecule has 1 aliphatic heterocycles. The molecule has 0 unspecified atom stereocenters. The van der Waals surface area contributed by atoms with Crippen LogP contribution in [0, 0.1) is 0 Å². The molecular weight excluding hydrogens is 418 g/mol. The van der Waals surface area contributed by atoms with Gasteiger partial charge < -0.3 is 9.64 Å². The molecule has 3 rings (SSSR count). The normalized spacial score (nSPS) is 15.8. The van der Waals surface area contributed by atoms with Crippen molar-refractivity contribution in [2.75, 3.05) is 13.2 Å². The lowest BCUT2D eigenvalue weighted by Gasteiger charge is -2.35. The van der Waals surface area contributed by atoms with Gasteiger partial charge in [0.05, 0.1) is 4.90 Å². The first-order chi connectivity index (χ1) is 14.6. The summed E-state index contributed by atoms with van der Waals surface area (Å²) in [7, 11) is -3.68.